The van der Waals surface area contributed by atoms with Crippen molar-refractivity contribution in [1.82, 2.24) is 20.1 Å². The Bertz CT molecular complexity index is 1020. The Morgan fingerprint density at radius 3 is 2.66 bits per heavy atom. The summed E-state index contributed by atoms with van der Waals surface area (Å²) in [4.78, 5) is 32.7. The van der Waals surface area contributed by atoms with Crippen LogP contribution in [0.3, 0.4) is 0 Å². The van der Waals surface area contributed by atoms with Crippen LogP contribution in [-0.2, 0) is 9.53 Å². The number of aryl methyl sites for hydroxylation is 2. The van der Waals surface area contributed by atoms with Crippen molar-refractivity contribution >= 4 is 11.9 Å². The van der Waals surface area contributed by atoms with E-state index in [-0.39, 0.29) is 30.7 Å². The van der Waals surface area contributed by atoms with Crippen LogP contribution < -0.4 is 10.1 Å². The number of pyridine rings is 1. The van der Waals surface area contributed by atoms with Crippen molar-refractivity contribution in [2.24, 2.45) is 0 Å². The van der Waals surface area contributed by atoms with E-state index in [9.17, 15) is 9.59 Å². The third-order valence-corrected chi connectivity index (χ3v) is 6.50. The minimum absolute atomic E-state index is 0.0143. The highest BCUT2D eigenvalue weighted by atomic mass is 16.5. The van der Waals surface area contributed by atoms with Gasteiger partial charge in [0.25, 0.3) is 0 Å². The van der Waals surface area contributed by atoms with E-state index in [0.29, 0.717) is 38.0 Å². The molecule has 1 aromatic carbocycles. The van der Waals surface area contributed by atoms with E-state index in [1.807, 2.05) is 47.9 Å². The number of rotatable bonds is 3. The molecule has 3 amide bonds. The number of hydrogen-bond acceptors (Lipinski definition) is 5. The molecule has 5 rings (SSSR count). The molecule has 0 aliphatic carbocycles. The van der Waals surface area contributed by atoms with E-state index >= 15 is 0 Å². The highest BCUT2D eigenvalue weighted by Gasteiger charge is 2.40. The van der Waals surface area contributed by atoms with Crippen LogP contribution in [0, 0.1) is 13.8 Å². The Kier molecular flexibility index (Phi) is 5.46. The normalized spacial score (nSPS) is 23.2. The maximum absolute atomic E-state index is 12.9. The Morgan fingerprint density at radius 2 is 1.88 bits per heavy atom. The lowest BCUT2D eigenvalue weighted by atomic mass is 9.91. The van der Waals surface area contributed by atoms with E-state index in [4.69, 9.17) is 9.47 Å². The predicted molar refractivity (Wildman–Crippen MR) is 118 cm³/mol. The molecule has 3 fully saturated rings. The number of nitrogens with zero attached hydrogens (tertiary/aromatic N) is 3. The molecule has 8 nitrogen and oxygen atoms in total. The van der Waals surface area contributed by atoms with Crippen molar-refractivity contribution in [1.29, 1.82) is 0 Å². The average molecular weight is 437 g/mol. The summed E-state index contributed by atoms with van der Waals surface area (Å²) >= 11 is 0. The molecule has 0 spiro atoms. The fourth-order valence-electron chi connectivity index (χ4n) is 4.54. The topological polar surface area (TPSA) is 84.0 Å². The lowest BCUT2D eigenvalue weighted by Crippen LogP contribution is -2.63. The van der Waals surface area contributed by atoms with Gasteiger partial charge in [-0.15, -0.1) is 0 Å². The van der Waals surface area contributed by atoms with Gasteiger partial charge in [-0.3, -0.25) is 4.79 Å². The molecule has 8 heteroatoms. The fraction of sp³-hybridized carbons (Fsp3) is 0.458. The van der Waals surface area contributed by atoms with E-state index in [1.54, 1.807) is 0 Å². The number of amides is 3. The number of hydrogen-bond donors (Lipinski definition) is 1. The van der Waals surface area contributed by atoms with Gasteiger partial charge in [-0.05, 0) is 44.0 Å². The Labute approximate surface area is 187 Å². The number of nitrogens with one attached hydrogen (secondary N) is 1. The molecule has 3 aliphatic rings. The number of piperidine rings is 1. The predicted octanol–water partition coefficient (Wildman–Crippen LogP) is 2.60. The highest BCUT2D eigenvalue weighted by Crippen LogP contribution is 2.31. The molecule has 32 heavy (non-hydrogen) atoms. The minimum atomic E-state index is -0.106. The van der Waals surface area contributed by atoms with Gasteiger partial charge in [0.05, 0.1) is 12.1 Å². The van der Waals surface area contributed by atoms with Gasteiger partial charge < -0.3 is 24.6 Å². The second kappa shape index (κ2) is 8.43. The Morgan fingerprint density at radius 1 is 1.09 bits per heavy atom. The lowest BCUT2D eigenvalue weighted by Gasteiger charge is -2.46. The minimum Gasteiger partial charge on any atom is -0.439 e. The van der Waals surface area contributed by atoms with Crippen LogP contribution in [-0.4, -0.2) is 71.7 Å². The number of carbonyl (C=O) groups excluding carboxylic acids is 2. The maximum atomic E-state index is 12.9. The molecule has 3 saturated heterocycles. The summed E-state index contributed by atoms with van der Waals surface area (Å²) in [5, 5.41) is 2.95. The number of morpholine rings is 1. The number of aromatic nitrogens is 1. The van der Waals surface area contributed by atoms with Gasteiger partial charge in [0, 0.05) is 43.4 Å². The second-order valence-corrected chi connectivity index (χ2v) is 8.89. The van der Waals surface area contributed by atoms with Gasteiger partial charge in [0.15, 0.2) is 0 Å². The van der Waals surface area contributed by atoms with Crippen molar-refractivity contribution < 1.29 is 19.1 Å². The quantitative estimate of drug-likeness (QED) is 0.800. The zero-order chi connectivity index (χ0) is 22.2. The van der Waals surface area contributed by atoms with Crippen LogP contribution >= 0.6 is 0 Å². The number of ether oxygens (including phenoxy) is 2. The van der Waals surface area contributed by atoms with Gasteiger partial charge >= 0.3 is 6.03 Å². The molecule has 1 aromatic heterocycles. The van der Waals surface area contributed by atoms with Crippen LogP contribution in [0.25, 0.3) is 0 Å². The molecular formula is C24H28N4O4. The number of likely N-dealkylation sites (tertiary alicyclic amines) is 2. The fourth-order valence-corrected chi connectivity index (χ4v) is 4.54. The van der Waals surface area contributed by atoms with E-state index in [2.05, 4.69) is 22.4 Å². The van der Waals surface area contributed by atoms with E-state index in [0.717, 1.165) is 23.4 Å². The average Bonchev–Trinajstić information content (AvgIpc) is 2.76. The summed E-state index contributed by atoms with van der Waals surface area (Å²) in [7, 11) is 0. The molecule has 3 aliphatic heterocycles. The van der Waals surface area contributed by atoms with Crippen LogP contribution in [0.2, 0.25) is 0 Å². The zero-order valence-electron chi connectivity index (χ0n) is 18.4. The van der Waals surface area contributed by atoms with Crippen LogP contribution in [0.4, 0.5) is 4.79 Å². The maximum Gasteiger partial charge on any atom is 0.320 e. The molecule has 0 saturated carbocycles. The smallest absolute Gasteiger partial charge is 0.320 e. The molecule has 0 unspecified atom stereocenters. The van der Waals surface area contributed by atoms with Crippen LogP contribution in [0.15, 0.2) is 36.4 Å². The highest BCUT2D eigenvalue weighted by molar-refractivity contribution is 5.79. The Balaban J connectivity index is 1.14. The molecule has 168 valence electrons. The summed E-state index contributed by atoms with van der Waals surface area (Å²) in [6.07, 6.45) is 0.769. The standard InChI is InChI=1S/C24H28N4O4/c1-15-3-4-16(2)25-23(15)32-19-7-5-17(6-8-19)18-11-28(12-18)24(30)27-10-9-21-20(13-27)26-22(29)14-31-21/h3-8,18,20-21H,9-14H2,1-2H3,(H,26,29)/t20-,21+/m1/s1. The van der Waals surface area contributed by atoms with E-state index < -0.39 is 0 Å². The van der Waals surface area contributed by atoms with Crippen molar-refractivity contribution in [2.75, 3.05) is 32.8 Å². The van der Waals surface area contributed by atoms with Crippen molar-refractivity contribution in [2.45, 2.75) is 38.3 Å². The molecule has 1 N–H and O–H groups in total. The third kappa shape index (κ3) is 4.14. The summed E-state index contributed by atoms with van der Waals surface area (Å²) in [6, 6.07) is 11.9. The molecule has 2 atom stereocenters. The van der Waals surface area contributed by atoms with Gasteiger partial charge in [-0.2, -0.15) is 0 Å². The summed E-state index contributed by atoms with van der Waals surface area (Å²) in [6.45, 7) is 6.61. The molecule has 4 heterocycles. The monoisotopic (exact) mass is 436 g/mol. The summed E-state index contributed by atoms with van der Waals surface area (Å²) in [5.41, 5.74) is 3.11. The summed E-state index contributed by atoms with van der Waals surface area (Å²) < 4.78 is 11.5. The third-order valence-electron chi connectivity index (χ3n) is 6.50. The van der Waals surface area contributed by atoms with E-state index in [1.165, 1.54) is 5.56 Å². The zero-order valence-corrected chi connectivity index (χ0v) is 18.4. The first-order valence-electron chi connectivity index (χ1n) is 11.1. The van der Waals surface area contributed by atoms with Gasteiger partial charge in [0.2, 0.25) is 11.8 Å². The van der Waals surface area contributed by atoms with Crippen LogP contribution in [0.1, 0.15) is 29.2 Å². The van der Waals surface area contributed by atoms with Crippen molar-refractivity contribution in [3.8, 4) is 11.6 Å². The summed E-state index contributed by atoms with van der Waals surface area (Å²) in [5.74, 6) is 1.59. The number of benzene rings is 1. The second-order valence-electron chi connectivity index (χ2n) is 8.89. The number of fused-ring (bicyclic) bond motifs is 1. The van der Waals surface area contributed by atoms with Crippen molar-refractivity contribution in [3.05, 3.63) is 53.2 Å². The first-order chi connectivity index (χ1) is 15.5. The van der Waals surface area contributed by atoms with Gasteiger partial charge in [-0.25, -0.2) is 9.78 Å². The number of urea groups is 1. The first kappa shape index (κ1) is 20.8. The van der Waals surface area contributed by atoms with Gasteiger partial charge in [0.1, 0.15) is 12.4 Å². The molecule has 0 bridgehead atoms. The lowest BCUT2D eigenvalue weighted by molar-refractivity contribution is -0.139. The largest absolute Gasteiger partial charge is 0.439 e. The van der Waals surface area contributed by atoms with Crippen LogP contribution in [0.5, 0.6) is 11.6 Å². The molecule has 2 aromatic rings. The molecule has 0 radical (unpaired) electrons. The number of carbonyl (C=O) groups is 2. The van der Waals surface area contributed by atoms with Gasteiger partial charge in [-0.1, -0.05) is 18.2 Å². The Hall–Kier alpha value is -3.13. The SMILES string of the molecule is Cc1ccc(C)c(Oc2ccc(C3CN(C(=O)N4CC[C@@H]5OCC(=O)N[C@@H]5C4)C3)cc2)n1. The molecular weight excluding hydrogens is 408 g/mol. The first-order valence-corrected chi connectivity index (χ1v) is 11.1. The van der Waals surface area contributed by atoms with Crippen molar-refractivity contribution in [3.63, 3.8) is 0 Å².